The van der Waals surface area contributed by atoms with Crippen molar-refractivity contribution in [3.05, 3.63) is 29.5 Å². The standard InChI is InChI=1S/C13H15NO3/c1-8-6-12(17-3)13-9(7-15)11(16-2)5-4-10(13)14-8/h4-6,15H,7H2,1-3H3. The average molecular weight is 233 g/mol. The second-order valence-electron chi connectivity index (χ2n) is 3.76. The molecule has 0 saturated carbocycles. The molecule has 1 heterocycles. The number of ether oxygens (including phenoxy) is 2. The van der Waals surface area contributed by atoms with E-state index in [9.17, 15) is 5.11 Å². The van der Waals surface area contributed by atoms with Gasteiger partial charge in [0.05, 0.1) is 31.7 Å². The van der Waals surface area contributed by atoms with Crippen LogP contribution >= 0.6 is 0 Å². The summed E-state index contributed by atoms with van der Waals surface area (Å²) in [5, 5.41) is 10.3. The lowest BCUT2D eigenvalue weighted by molar-refractivity contribution is 0.275. The van der Waals surface area contributed by atoms with E-state index in [0.29, 0.717) is 17.1 Å². The Balaban J connectivity index is 2.86. The first-order chi connectivity index (χ1) is 8.21. The van der Waals surface area contributed by atoms with Gasteiger partial charge in [-0.1, -0.05) is 0 Å². The van der Waals surface area contributed by atoms with E-state index in [4.69, 9.17) is 9.47 Å². The van der Waals surface area contributed by atoms with E-state index in [2.05, 4.69) is 4.98 Å². The normalized spacial score (nSPS) is 10.6. The third-order valence-electron chi connectivity index (χ3n) is 2.73. The smallest absolute Gasteiger partial charge is 0.130 e. The summed E-state index contributed by atoms with van der Waals surface area (Å²) in [6.07, 6.45) is 0. The number of aromatic nitrogens is 1. The van der Waals surface area contributed by atoms with Gasteiger partial charge in [0.15, 0.2) is 0 Å². The molecule has 0 bridgehead atoms. The van der Waals surface area contributed by atoms with Crippen LogP contribution in [0.3, 0.4) is 0 Å². The lowest BCUT2D eigenvalue weighted by Gasteiger charge is -2.13. The fourth-order valence-electron chi connectivity index (χ4n) is 1.98. The highest BCUT2D eigenvalue weighted by molar-refractivity contribution is 5.90. The molecule has 0 aliphatic heterocycles. The molecule has 2 rings (SSSR count). The number of nitrogens with zero attached hydrogens (tertiary/aromatic N) is 1. The van der Waals surface area contributed by atoms with Crippen molar-refractivity contribution in [2.75, 3.05) is 14.2 Å². The highest BCUT2D eigenvalue weighted by Crippen LogP contribution is 2.34. The molecule has 0 saturated heterocycles. The zero-order valence-electron chi connectivity index (χ0n) is 10.2. The van der Waals surface area contributed by atoms with Crippen LogP contribution in [0.2, 0.25) is 0 Å². The fraction of sp³-hybridized carbons (Fsp3) is 0.308. The molecular formula is C13H15NO3. The maximum atomic E-state index is 9.47. The Morgan fingerprint density at radius 2 is 1.88 bits per heavy atom. The molecule has 1 N–H and O–H groups in total. The molecule has 4 nitrogen and oxygen atoms in total. The molecule has 0 radical (unpaired) electrons. The average Bonchev–Trinajstić information content (AvgIpc) is 2.36. The highest BCUT2D eigenvalue weighted by Gasteiger charge is 2.13. The summed E-state index contributed by atoms with van der Waals surface area (Å²) >= 11 is 0. The molecule has 0 aliphatic rings. The van der Waals surface area contributed by atoms with Gasteiger partial charge in [-0.2, -0.15) is 0 Å². The van der Waals surface area contributed by atoms with Gasteiger partial charge in [-0.25, -0.2) is 0 Å². The molecule has 0 amide bonds. The van der Waals surface area contributed by atoms with Crippen LogP contribution in [0.1, 0.15) is 11.3 Å². The summed E-state index contributed by atoms with van der Waals surface area (Å²) in [7, 11) is 3.18. The maximum Gasteiger partial charge on any atom is 0.130 e. The Hall–Kier alpha value is -1.81. The quantitative estimate of drug-likeness (QED) is 0.881. The number of rotatable bonds is 3. The number of benzene rings is 1. The van der Waals surface area contributed by atoms with Crippen molar-refractivity contribution >= 4 is 10.9 Å². The van der Waals surface area contributed by atoms with E-state index >= 15 is 0 Å². The minimum absolute atomic E-state index is 0.110. The monoisotopic (exact) mass is 233 g/mol. The molecule has 1 aromatic carbocycles. The van der Waals surface area contributed by atoms with Gasteiger partial charge in [-0.3, -0.25) is 4.98 Å². The van der Waals surface area contributed by atoms with Crippen molar-refractivity contribution in [3.63, 3.8) is 0 Å². The number of aliphatic hydroxyl groups is 1. The fourth-order valence-corrected chi connectivity index (χ4v) is 1.98. The number of pyridine rings is 1. The molecule has 2 aromatic rings. The highest BCUT2D eigenvalue weighted by atomic mass is 16.5. The van der Waals surface area contributed by atoms with Crippen molar-refractivity contribution < 1.29 is 14.6 Å². The van der Waals surface area contributed by atoms with Crippen molar-refractivity contribution in [2.24, 2.45) is 0 Å². The lowest BCUT2D eigenvalue weighted by Crippen LogP contribution is -1.98. The van der Waals surface area contributed by atoms with Gasteiger partial charge in [0.1, 0.15) is 11.5 Å². The Labute approximate surface area is 99.8 Å². The first kappa shape index (κ1) is 11.7. The second-order valence-corrected chi connectivity index (χ2v) is 3.76. The zero-order chi connectivity index (χ0) is 12.4. The Bertz CT molecular complexity index is 552. The van der Waals surface area contributed by atoms with Crippen molar-refractivity contribution in [2.45, 2.75) is 13.5 Å². The van der Waals surface area contributed by atoms with Gasteiger partial charge in [-0.05, 0) is 19.1 Å². The van der Waals surface area contributed by atoms with Crippen LogP contribution in [0.5, 0.6) is 11.5 Å². The van der Waals surface area contributed by atoms with E-state index in [1.54, 1.807) is 20.3 Å². The molecule has 90 valence electrons. The topological polar surface area (TPSA) is 51.6 Å². The maximum absolute atomic E-state index is 9.47. The molecule has 0 fully saturated rings. The van der Waals surface area contributed by atoms with Gasteiger partial charge >= 0.3 is 0 Å². The summed E-state index contributed by atoms with van der Waals surface area (Å²) in [4.78, 5) is 4.42. The molecule has 0 aliphatic carbocycles. The second kappa shape index (κ2) is 4.59. The van der Waals surface area contributed by atoms with Gasteiger partial charge in [-0.15, -0.1) is 0 Å². The van der Waals surface area contributed by atoms with Crippen LogP contribution in [0.15, 0.2) is 18.2 Å². The van der Waals surface area contributed by atoms with E-state index < -0.39 is 0 Å². The van der Waals surface area contributed by atoms with Gasteiger partial charge in [0, 0.05) is 17.3 Å². The first-order valence-corrected chi connectivity index (χ1v) is 5.33. The SMILES string of the molecule is COc1ccc2nc(C)cc(OC)c2c1CO. The van der Waals surface area contributed by atoms with Crippen LogP contribution in [-0.4, -0.2) is 24.3 Å². The molecule has 0 unspecified atom stereocenters. The number of hydrogen-bond acceptors (Lipinski definition) is 4. The summed E-state index contributed by atoms with van der Waals surface area (Å²) in [6, 6.07) is 5.52. The predicted octanol–water partition coefficient (Wildman–Crippen LogP) is 2.05. The Morgan fingerprint density at radius 1 is 1.18 bits per heavy atom. The van der Waals surface area contributed by atoms with Crippen LogP contribution in [0.25, 0.3) is 10.9 Å². The summed E-state index contributed by atoms with van der Waals surface area (Å²) in [5.74, 6) is 1.35. The van der Waals surface area contributed by atoms with Crippen LogP contribution in [0, 0.1) is 6.92 Å². The largest absolute Gasteiger partial charge is 0.496 e. The van der Waals surface area contributed by atoms with Crippen molar-refractivity contribution in [1.29, 1.82) is 0 Å². The van der Waals surface area contributed by atoms with Gasteiger partial charge < -0.3 is 14.6 Å². The van der Waals surface area contributed by atoms with Gasteiger partial charge in [0.25, 0.3) is 0 Å². The lowest BCUT2D eigenvalue weighted by atomic mass is 10.1. The first-order valence-electron chi connectivity index (χ1n) is 5.33. The van der Waals surface area contributed by atoms with Crippen LogP contribution in [0.4, 0.5) is 0 Å². The number of methoxy groups -OCH3 is 2. The molecule has 1 aromatic heterocycles. The van der Waals surface area contributed by atoms with Crippen molar-refractivity contribution in [3.8, 4) is 11.5 Å². The van der Waals surface area contributed by atoms with Crippen LogP contribution in [-0.2, 0) is 6.61 Å². The van der Waals surface area contributed by atoms with Gasteiger partial charge in [0.2, 0.25) is 0 Å². The zero-order valence-corrected chi connectivity index (χ0v) is 10.2. The summed E-state index contributed by atoms with van der Waals surface area (Å²) in [5.41, 5.74) is 2.38. The van der Waals surface area contributed by atoms with Crippen LogP contribution < -0.4 is 9.47 Å². The number of aryl methyl sites for hydroxylation is 1. The Kier molecular flexibility index (Phi) is 3.15. The molecule has 17 heavy (non-hydrogen) atoms. The third kappa shape index (κ3) is 1.91. The third-order valence-corrected chi connectivity index (χ3v) is 2.73. The minimum atomic E-state index is -0.110. The molecule has 4 heteroatoms. The summed E-state index contributed by atoms with van der Waals surface area (Å²) < 4.78 is 10.6. The van der Waals surface area contributed by atoms with E-state index in [1.807, 2.05) is 19.1 Å². The molecular weight excluding hydrogens is 218 g/mol. The van der Waals surface area contributed by atoms with E-state index in [0.717, 1.165) is 16.6 Å². The number of aliphatic hydroxyl groups excluding tert-OH is 1. The number of fused-ring (bicyclic) bond motifs is 1. The Morgan fingerprint density at radius 3 is 2.47 bits per heavy atom. The molecule has 0 atom stereocenters. The minimum Gasteiger partial charge on any atom is -0.496 e. The number of hydrogen-bond donors (Lipinski definition) is 1. The van der Waals surface area contributed by atoms with E-state index in [1.165, 1.54) is 0 Å². The molecule has 0 spiro atoms. The predicted molar refractivity (Wildman–Crippen MR) is 65.5 cm³/mol. The van der Waals surface area contributed by atoms with E-state index in [-0.39, 0.29) is 6.61 Å². The van der Waals surface area contributed by atoms with Crippen molar-refractivity contribution in [1.82, 2.24) is 4.98 Å². The summed E-state index contributed by atoms with van der Waals surface area (Å²) in [6.45, 7) is 1.80.